The lowest BCUT2D eigenvalue weighted by molar-refractivity contribution is -0.0377. The van der Waals surface area contributed by atoms with Gasteiger partial charge in [-0.2, -0.15) is 0 Å². The predicted octanol–water partition coefficient (Wildman–Crippen LogP) is 1.18. The summed E-state index contributed by atoms with van der Waals surface area (Å²) in [6.07, 6.45) is 5.81. The van der Waals surface area contributed by atoms with Crippen LogP contribution < -0.4 is 5.32 Å². The molecule has 2 fully saturated rings. The fraction of sp³-hybridized carbons (Fsp3) is 1.00. The summed E-state index contributed by atoms with van der Waals surface area (Å²) >= 11 is 0. The minimum absolute atomic E-state index is 0.283. The van der Waals surface area contributed by atoms with E-state index in [1.165, 1.54) is 25.7 Å². The molecular formula is C11H21NO2. The minimum atomic E-state index is 0.283. The van der Waals surface area contributed by atoms with E-state index in [1.54, 1.807) is 0 Å². The van der Waals surface area contributed by atoms with Gasteiger partial charge >= 0.3 is 0 Å². The molecule has 0 bridgehead atoms. The van der Waals surface area contributed by atoms with Crippen LogP contribution in [0.5, 0.6) is 0 Å². The summed E-state index contributed by atoms with van der Waals surface area (Å²) in [5, 5.41) is 3.31. The first-order chi connectivity index (χ1) is 6.95. The Morgan fingerprint density at radius 3 is 2.79 bits per heavy atom. The summed E-state index contributed by atoms with van der Waals surface area (Å²) < 4.78 is 11.2. The lowest BCUT2D eigenvalue weighted by Crippen LogP contribution is -2.41. The Bertz CT molecular complexity index is 151. The molecule has 0 spiro atoms. The van der Waals surface area contributed by atoms with Crippen LogP contribution in [0.4, 0.5) is 0 Å². The first-order valence-electron chi connectivity index (χ1n) is 5.85. The third-order valence-electron chi connectivity index (χ3n) is 3.14. The van der Waals surface area contributed by atoms with Crippen molar-refractivity contribution in [2.24, 2.45) is 5.92 Å². The van der Waals surface area contributed by atoms with Crippen LogP contribution in [0.1, 0.15) is 25.7 Å². The zero-order chi connectivity index (χ0) is 9.64. The number of hydrogen-bond donors (Lipinski definition) is 1. The van der Waals surface area contributed by atoms with Crippen LogP contribution in [-0.4, -0.2) is 39.0 Å². The number of morpholine rings is 1. The van der Waals surface area contributed by atoms with Gasteiger partial charge in [-0.15, -0.1) is 0 Å². The number of ether oxygens (including phenoxy) is 2. The Hall–Kier alpha value is -0.120. The minimum Gasteiger partial charge on any atom is -0.378 e. The van der Waals surface area contributed by atoms with Crippen molar-refractivity contribution in [1.82, 2.24) is 5.32 Å². The summed E-state index contributed by atoms with van der Waals surface area (Å²) in [6.45, 7) is 4.48. The molecular weight excluding hydrogens is 178 g/mol. The summed E-state index contributed by atoms with van der Waals surface area (Å²) in [4.78, 5) is 0. The molecule has 82 valence electrons. The van der Waals surface area contributed by atoms with Crippen LogP contribution >= 0.6 is 0 Å². The van der Waals surface area contributed by atoms with Crippen molar-refractivity contribution in [3.8, 4) is 0 Å². The highest BCUT2D eigenvalue weighted by Gasteiger charge is 2.17. The van der Waals surface area contributed by atoms with Gasteiger partial charge in [0.1, 0.15) is 0 Å². The highest BCUT2D eigenvalue weighted by molar-refractivity contribution is 4.69. The molecule has 0 amide bonds. The molecule has 0 aromatic carbocycles. The third-order valence-corrected chi connectivity index (χ3v) is 3.14. The van der Waals surface area contributed by atoms with E-state index in [4.69, 9.17) is 9.47 Å². The van der Waals surface area contributed by atoms with Crippen molar-refractivity contribution in [1.29, 1.82) is 0 Å². The molecule has 1 unspecified atom stereocenters. The largest absolute Gasteiger partial charge is 0.378 e. The molecule has 1 aliphatic carbocycles. The highest BCUT2D eigenvalue weighted by Crippen LogP contribution is 2.24. The summed E-state index contributed by atoms with van der Waals surface area (Å²) in [5.74, 6) is 0.826. The molecule has 1 N–H and O–H groups in total. The molecule has 1 saturated heterocycles. The predicted molar refractivity (Wildman–Crippen MR) is 55.4 cm³/mol. The normalized spacial score (nSPS) is 29.6. The van der Waals surface area contributed by atoms with Gasteiger partial charge in [0.25, 0.3) is 0 Å². The van der Waals surface area contributed by atoms with Crippen LogP contribution in [-0.2, 0) is 9.47 Å². The van der Waals surface area contributed by atoms with Crippen LogP contribution in [0, 0.1) is 5.92 Å². The lowest BCUT2D eigenvalue weighted by Gasteiger charge is -2.23. The number of hydrogen-bond acceptors (Lipinski definition) is 3. The molecule has 3 nitrogen and oxygen atoms in total. The van der Waals surface area contributed by atoms with Crippen molar-refractivity contribution < 1.29 is 9.47 Å². The fourth-order valence-corrected chi connectivity index (χ4v) is 2.27. The van der Waals surface area contributed by atoms with Gasteiger partial charge in [-0.1, -0.05) is 12.8 Å². The Labute approximate surface area is 86.2 Å². The SMILES string of the molecule is C1CCC(COCC2CNCCO2)C1. The molecule has 3 heteroatoms. The molecule has 2 rings (SSSR count). The number of rotatable bonds is 4. The summed E-state index contributed by atoms with van der Waals surface area (Å²) in [7, 11) is 0. The van der Waals surface area contributed by atoms with E-state index in [9.17, 15) is 0 Å². The quantitative estimate of drug-likeness (QED) is 0.737. The molecule has 0 radical (unpaired) electrons. The van der Waals surface area contributed by atoms with Gasteiger partial charge in [0.15, 0.2) is 0 Å². The van der Waals surface area contributed by atoms with E-state index >= 15 is 0 Å². The van der Waals surface area contributed by atoms with Gasteiger partial charge in [0.2, 0.25) is 0 Å². The summed E-state index contributed by atoms with van der Waals surface area (Å²) in [5.41, 5.74) is 0. The van der Waals surface area contributed by atoms with Gasteiger partial charge < -0.3 is 14.8 Å². The van der Waals surface area contributed by atoms with Gasteiger partial charge in [0, 0.05) is 19.7 Å². The topological polar surface area (TPSA) is 30.5 Å². The number of nitrogens with one attached hydrogen (secondary N) is 1. The van der Waals surface area contributed by atoms with Crippen molar-refractivity contribution in [2.75, 3.05) is 32.9 Å². The van der Waals surface area contributed by atoms with E-state index in [0.29, 0.717) is 0 Å². The Morgan fingerprint density at radius 1 is 1.21 bits per heavy atom. The molecule has 0 aromatic heterocycles. The second-order valence-electron chi connectivity index (χ2n) is 4.38. The average Bonchev–Trinajstić information content (AvgIpc) is 2.72. The third kappa shape index (κ3) is 3.23. The van der Waals surface area contributed by atoms with Crippen LogP contribution in [0.25, 0.3) is 0 Å². The Kier molecular flexibility index (Phi) is 4.22. The van der Waals surface area contributed by atoms with E-state index in [-0.39, 0.29) is 6.10 Å². The zero-order valence-electron chi connectivity index (χ0n) is 8.84. The Morgan fingerprint density at radius 2 is 2.07 bits per heavy atom. The van der Waals surface area contributed by atoms with Gasteiger partial charge in [-0.25, -0.2) is 0 Å². The maximum atomic E-state index is 5.69. The maximum absolute atomic E-state index is 5.69. The van der Waals surface area contributed by atoms with Crippen molar-refractivity contribution in [3.63, 3.8) is 0 Å². The molecule has 1 aliphatic heterocycles. The van der Waals surface area contributed by atoms with Crippen molar-refractivity contribution in [3.05, 3.63) is 0 Å². The van der Waals surface area contributed by atoms with E-state index < -0.39 is 0 Å². The average molecular weight is 199 g/mol. The van der Waals surface area contributed by atoms with Crippen LogP contribution in [0.3, 0.4) is 0 Å². The van der Waals surface area contributed by atoms with E-state index in [2.05, 4.69) is 5.32 Å². The maximum Gasteiger partial charge on any atom is 0.0933 e. The zero-order valence-corrected chi connectivity index (χ0v) is 8.84. The first kappa shape index (κ1) is 10.4. The van der Waals surface area contributed by atoms with Gasteiger partial charge in [-0.3, -0.25) is 0 Å². The standard InChI is InChI=1S/C11H21NO2/c1-2-4-10(3-1)8-13-9-11-7-12-5-6-14-11/h10-12H,1-9H2. The first-order valence-corrected chi connectivity index (χ1v) is 5.85. The molecule has 1 heterocycles. The van der Waals surface area contributed by atoms with Crippen molar-refractivity contribution in [2.45, 2.75) is 31.8 Å². The molecule has 14 heavy (non-hydrogen) atoms. The highest BCUT2D eigenvalue weighted by atomic mass is 16.5. The monoisotopic (exact) mass is 199 g/mol. The molecule has 0 aromatic rings. The second-order valence-corrected chi connectivity index (χ2v) is 4.38. The van der Waals surface area contributed by atoms with Crippen LogP contribution in [0.2, 0.25) is 0 Å². The smallest absolute Gasteiger partial charge is 0.0933 e. The second kappa shape index (κ2) is 5.69. The summed E-state index contributed by atoms with van der Waals surface area (Å²) in [6, 6.07) is 0. The molecule has 1 saturated carbocycles. The van der Waals surface area contributed by atoms with Gasteiger partial charge in [-0.05, 0) is 18.8 Å². The van der Waals surface area contributed by atoms with Gasteiger partial charge in [0.05, 0.1) is 19.3 Å². The van der Waals surface area contributed by atoms with E-state index in [0.717, 1.165) is 38.8 Å². The molecule has 2 aliphatic rings. The van der Waals surface area contributed by atoms with E-state index in [1.807, 2.05) is 0 Å². The van der Waals surface area contributed by atoms with Crippen LogP contribution in [0.15, 0.2) is 0 Å². The lowest BCUT2D eigenvalue weighted by atomic mass is 10.1. The fourth-order valence-electron chi connectivity index (χ4n) is 2.27. The molecule has 1 atom stereocenters. The van der Waals surface area contributed by atoms with Crippen molar-refractivity contribution >= 4 is 0 Å². The Balaban J connectivity index is 1.52.